The molecule has 0 radical (unpaired) electrons. The van der Waals surface area contributed by atoms with Crippen LogP contribution in [0.3, 0.4) is 0 Å². The number of hydrogen-bond acceptors (Lipinski definition) is 3. The highest BCUT2D eigenvalue weighted by molar-refractivity contribution is 14.1. The second-order valence-electron chi connectivity index (χ2n) is 4.77. The van der Waals surface area contributed by atoms with Gasteiger partial charge in [0, 0.05) is 12.7 Å². The molecule has 0 bridgehead atoms. The van der Waals surface area contributed by atoms with Crippen molar-refractivity contribution in [2.24, 2.45) is 0 Å². The van der Waals surface area contributed by atoms with Crippen LogP contribution in [-0.4, -0.2) is 17.1 Å². The molecule has 0 spiro atoms. The molecule has 0 amide bonds. The minimum atomic E-state index is -0.489. The third-order valence-electron chi connectivity index (χ3n) is 3.80. The molecule has 1 aromatic heterocycles. The lowest BCUT2D eigenvalue weighted by Gasteiger charge is -2.29. The van der Waals surface area contributed by atoms with Gasteiger partial charge in [-0.25, -0.2) is 9.97 Å². The largest absolute Gasteiger partial charge is 0.370 e. The zero-order valence-corrected chi connectivity index (χ0v) is 15.3. The molecule has 0 saturated carbocycles. The average Bonchev–Trinajstić information content (AvgIpc) is 2.53. The second-order valence-corrected chi connectivity index (χ2v) is 6.21. The zero-order valence-electron chi connectivity index (χ0n) is 12.4. The Kier molecular flexibility index (Phi) is 5.57. The summed E-state index contributed by atoms with van der Waals surface area (Å²) in [4.78, 5) is 9.23. The maximum absolute atomic E-state index is 6.33. The summed E-state index contributed by atoms with van der Waals surface area (Å²) in [5, 5.41) is 0.475. The first-order valence-corrected chi connectivity index (χ1v) is 8.37. The smallest absolute Gasteiger partial charge is 0.162 e. The predicted molar refractivity (Wildman–Crippen MR) is 94.5 cm³/mol. The quantitative estimate of drug-likeness (QED) is 0.504. The zero-order chi connectivity index (χ0) is 15.5. The summed E-state index contributed by atoms with van der Waals surface area (Å²) in [6, 6.07) is 10.0. The van der Waals surface area contributed by atoms with Gasteiger partial charge in [-0.2, -0.15) is 0 Å². The third-order valence-corrected chi connectivity index (χ3v) is 5.41. The molecule has 2 aromatic rings. The summed E-state index contributed by atoms with van der Waals surface area (Å²) in [7, 11) is 1.70. The van der Waals surface area contributed by atoms with Crippen molar-refractivity contribution in [2.45, 2.75) is 32.3 Å². The molecule has 0 saturated heterocycles. The van der Waals surface area contributed by atoms with E-state index < -0.39 is 5.60 Å². The summed E-state index contributed by atoms with van der Waals surface area (Å²) in [5.74, 6) is 0.652. The van der Waals surface area contributed by atoms with Crippen molar-refractivity contribution in [3.63, 3.8) is 0 Å². The van der Waals surface area contributed by atoms with Gasteiger partial charge >= 0.3 is 0 Å². The number of methoxy groups -OCH3 is 1. The number of halogens is 2. The molecule has 0 atom stereocenters. The molecule has 1 aromatic carbocycles. The lowest BCUT2D eigenvalue weighted by Crippen LogP contribution is -2.30. The number of hydrogen-bond donors (Lipinski definition) is 0. The molecule has 0 fully saturated rings. The number of benzene rings is 1. The maximum atomic E-state index is 6.33. The number of rotatable bonds is 5. The van der Waals surface area contributed by atoms with Crippen molar-refractivity contribution in [2.75, 3.05) is 7.11 Å². The molecular weight excluding hydrogens is 399 g/mol. The van der Waals surface area contributed by atoms with Crippen LogP contribution >= 0.6 is 34.2 Å². The molecule has 3 nitrogen and oxygen atoms in total. The Labute approximate surface area is 144 Å². The first-order valence-electron chi connectivity index (χ1n) is 6.92. The van der Waals surface area contributed by atoms with Crippen molar-refractivity contribution >= 4 is 34.2 Å². The van der Waals surface area contributed by atoms with Crippen LogP contribution in [0.15, 0.2) is 30.3 Å². The highest BCUT2D eigenvalue weighted by atomic mass is 127. The van der Waals surface area contributed by atoms with E-state index in [-0.39, 0.29) is 0 Å². The summed E-state index contributed by atoms with van der Waals surface area (Å²) in [6.07, 6.45) is 1.59. The van der Waals surface area contributed by atoms with Crippen molar-refractivity contribution in [1.82, 2.24) is 9.97 Å². The molecule has 0 aliphatic heterocycles. The standard InChI is InChI=1S/C16H18ClIN2O/c1-4-16(5-2,21-3)15-19-13(12(18)14(17)20-15)11-9-7-6-8-10-11/h6-10H,4-5H2,1-3H3. The summed E-state index contributed by atoms with van der Waals surface area (Å²) in [5.41, 5.74) is 1.40. The van der Waals surface area contributed by atoms with Crippen molar-refractivity contribution in [1.29, 1.82) is 0 Å². The number of aromatic nitrogens is 2. The van der Waals surface area contributed by atoms with E-state index in [1.165, 1.54) is 0 Å². The van der Waals surface area contributed by atoms with Gasteiger partial charge in [0.1, 0.15) is 10.8 Å². The Morgan fingerprint density at radius 3 is 2.29 bits per heavy atom. The van der Waals surface area contributed by atoms with Crippen LogP contribution in [0.1, 0.15) is 32.5 Å². The molecule has 0 aliphatic rings. The monoisotopic (exact) mass is 416 g/mol. The Hall–Kier alpha value is -0.720. The molecule has 1 heterocycles. The van der Waals surface area contributed by atoms with E-state index >= 15 is 0 Å². The van der Waals surface area contributed by atoms with Crippen molar-refractivity contribution < 1.29 is 4.74 Å². The van der Waals surface area contributed by atoms with E-state index in [4.69, 9.17) is 21.3 Å². The van der Waals surface area contributed by atoms with E-state index in [0.717, 1.165) is 27.7 Å². The van der Waals surface area contributed by atoms with Gasteiger partial charge in [-0.3, -0.25) is 0 Å². The van der Waals surface area contributed by atoms with Crippen LogP contribution < -0.4 is 0 Å². The van der Waals surface area contributed by atoms with Crippen LogP contribution in [0.4, 0.5) is 0 Å². The fourth-order valence-electron chi connectivity index (χ4n) is 2.36. The topological polar surface area (TPSA) is 35.0 Å². The van der Waals surface area contributed by atoms with Gasteiger partial charge in [0.15, 0.2) is 5.82 Å². The molecule has 0 unspecified atom stereocenters. The van der Waals surface area contributed by atoms with Gasteiger partial charge in [0.25, 0.3) is 0 Å². The Morgan fingerprint density at radius 1 is 1.14 bits per heavy atom. The normalized spacial score (nSPS) is 11.7. The van der Waals surface area contributed by atoms with E-state index in [1.54, 1.807) is 7.11 Å². The summed E-state index contributed by atoms with van der Waals surface area (Å²) >= 11 is 8.52. The maximum Gasteiger partial charge on any atom is 0.162 e. The lowest BCUT2D eigenvalue weighted by molar-refractivity contribution is -0.0290. The van der Waals surface area contributed by atoms with Gasteiger partial charge in [-0.05, 0) is 35.4 Å². The van der Waals surface area contributed by atoms with Crippen molar-refractivity contribution in [3.05, 3.63) is 44.9 Å². The fourth-order valence-corrected chi connectivity index (χ4v) is 3.08. The SMILES string of the molecule is CCC(CC)(OC)c1nc(Cl)c(I)c(-c2ccccc2)n1. The highest BCUT2D eigenvalue weighted by Crippen LogP contribution is 2.35. The van der Waals surface area contributed by atoms with Crippen LogP contribution in [-0.2, 0) is 10.3 Å². The second kappa shape index (κ2) is 7.03. The van der Waals surface area contributed by atoms with Gasteiger partial charge in [-0.1, -0.05) is 55.8 Å². The van der Waals surface area contributed by atoms with Crippen LogP contribution in [0.2, 0.25) is 5.15 Å². The van der Waals surface area contributed by atoms with E-state index in [9.17, 15) is 0 Å². The Bertz CT molecular complexity index is 607. The van der Waals surface area contributed by atoms with Gasteiger partial charge in [-0.15, -0.1) is 0 Å². The number of nitrogens with zero attached hydrogens (tertiary/aromatic N) is 2. The van der Waals surface area contributed by atoms with E-state index in [1.807, 2.05) is 30.3 Å². The average molecular weight is 417 g/mol. The van der Waals surface area contributed by atoms with E-state index in [0.29, 0.717) is 11.0 Å². The van der Waals surface area contributed by atoms with Gasteiger partial charge < -0.3 is 4.74 Å². The van der Waals surface area contributed by atoms with Crippen LogP contribution in [0.5, 0.6) is 0 Å². The Morgan fingerprint density at radius 2 is 1.76 bits per heavy atom. The van der Waals surface area contributed by atoms with Crippen LogP contribution in [0, 0.1) is 3.57 Å². The first kappa shape index (κ1) is 16.6. The lowest BCUT2D eigenvalue weighted by atomic mass is 9.95. The molecule has 2 rings (SSSR count). The Balaban J connectivity index is 2.64. The van der Waals surface area contributed by atoms with Gasteiger partial charge in [0.05, 0.1) is 9.26 Å². The highest BCUT2D eigenvalue weighted by Gasteiger charge is 2.33. The predicted octanol–water partition coefficient (Wildman–Crippen LogP) is 5.06. The van der Waals surface area contributed by atoms with Gasteiger partial charge in [0.2, 0.25) is 0 Å². The minimum absolute atomic E-state index is 0.475. The molecule has 0 N–H and O–H groups in total. The van der Waals surface area contributed by atoms with Crippen LogP contribution in [0.25, 0.3) is 11.3 Å². The third kappa shape index (κ3) is 3.22. The van der Waals surface area contributed by atoms with Crippen molar-refractivity contribution in [3.8, 4) is 11.3 Å². The first-order chi connectivity index (χ1) is 10.1. The molecule has 5 heteroatoms. The molecular formula is C16H18ClIN2O. The molecule has 21 heavy (non-hydrogen) atoms. The summed E-state index contributed by atoms with van der Waals surface area (Å²) < 4.78 is 6.58. The molecule has 112 valence electrons. The molecule has 0 aliphatic carbocycles. The minimum Gasteiger partial charge on any atom is -0.370 e. The van der Waals surface area contributed by atoms with E-state index in [2.05, 4.69) is 41.4 Å². The fraction of sp³-hybridized carbons (Fsp3) is 0.375. The summed E-state index contributed by atoms with van der Waals surface area (Å²) in [6.45, 7) is 4.15. The number of ether oxygens (including phenoxy) is 1.